The summed E-state index contributed by atoms with van der Waals surface area (Å²) in [4.78, 5) is 14.6. The summed E-state index contributed by atoms with van der Waals surface area (Å²) >= 11 is 0. The number of carbonyl (C=O) groups excluding carboxylic acids is 1. The first kappa shape index (κ1) is 22.9. The van der Waals surface area contributed by atoms with Crippen LogP contribution in [-0.4, -0.2) is 48.7 Å². The number of aliphatic hydroxyl groups is 1. The second kappa shape index (κ2) is 8.03. The van der Waals surface area contributed by atoms with Crippen molar-refractivity contribution in [3.63, 3.8) is 0 Å². The Morgan fingerprint density at radius 3 is 2.07 bits per heavy atom. The zero-order valence-corrected chi connectivity index (χ0v) is 16.2. The van der Waals surface area contributed by atoms with Crippen molar-refractivity contribution < 1.29 is 41.0 Å². The van der Waals surface area contributed by atoms with E-state index in [2.05, 4.69) is 4.74 Å². The summed E-state index contributed by atoms with van der Waals surface area (Å²) in [7, 11) is 0. The van der Waals surface area contributed by atoms with Gasteiger partial charge in [0.2, 0.25) is 5.91 Å². The average Bonchev–Trinajstić information content (AvgIpc) is 2.93. The van der Waals surface area contributed by atoms with Gasteiger partial charge in [-0.1, -0.05) is 12.1 Å². The van der Waals surface area contributed by atoms with E-state index < -0.39 is 43.0 Å². The van der Waals surface area contributed by atoms with E-state index in [1.165, 1.54) is 29.2 Å². The summed E-state index contributed by atoms with van der Waals surface area (Å²) in [5.41, 5.74) is -1.49. The van der Waals surface area contributed by atoms with Crippen LogP contribution in [0.1, 0.15) is 37.7 Å². The largest absolute Gasteiger partial charge is 0.411 e. The van der Waals surface area contributed by atoms with E-state index in [0.717, 1.165) is 0 Å². The molecule has 1 amide bonds. The number of alkyl halides is 6. The van der Waals surface area contributed by atoms with Gasteiger partial charge >= 0.3 is 12.4 Å². The van der Waals surface area contributed by atoms with Crippen LogP contribution in [0, 0.1) is 5.41 Å². The van der Waals surface area contributed by atoms with Gasteiger partial charge in [0.1, 0.15) is 6.61 Å². The average molecular weight is 439 g/mol. The lowest BCUT2D eigenvalue weighted by Gasteiger charge is -2.40. The number of nitrogens with zero attached hydrogens (tertiary/aromatic N) is 1. The number of amides is 1. The molecular formula is C20H23F6NO3. The third-order valence-electron chi connectivity index (χ3n) is 5.94. The van der Waals surface area contributed by atoms with Crippen molar-refractivity contribution in [2.24, 2.45) is 5.41 Å². The Morgan fingerprint density at radius 2 is 1.53 bits per heavy atom. The molecule has 1 aliphatic carbocycles. The summed E-state index contributed by atoms with van der Waals surface area (Å²) in [6, 6.07) is 5.67. The van der Waals surface area contributed by atoms with Gasteiger partial charge in [-0.2, -0.15) is 26.3 Å². The molecule has 2 fully saturated rings. The number of anilines is 1. The lowest BCUT2D eigenvalue weighted by Crippen LogP contribution is -2.46. The lowest BCUT2D eigenvalue weighted by atomic mass is 9.68. The molecule has 1 aromatic carbocycles. The number of halogens is 6. The number of rotatable bonds is 5. The van der Waals surface area contributed by atoms with Gasteiger partial charge in [-0.15, -0.1) is 0 Å². The highest BCUT2D eigenvalue weighted by molar-refractivity contribution is 6.00. The zero-order valence-electron chi connectivity index (χ0n) is 16.2. The molecule has 4 nitrogen and oxygen atoms in total. The molecule has 0 radical (unpaired) electrons. The molecular weight excluding hydrogens is 416 g/mol. The molecule has 3 rings (SSSR count). The Hall–Kier alpha value is -1.81. The van der Waals surface area contributed by atoms with Crippen LogP contribution in [0.2, 0.25) is 0 Å². The SMILES string of the molecule is O=C1N(c2ccc(CC(F)(F)F)cc2)CC[C@]12CC[C@@](O)(COCC(F)(F)F)CC2. The molecule has 1 spiro atoms. The highest BCUT2D eigenvalue weighted by atomic mass is 19.4. The molecule has 1 aliphatic heterocycles. The summed E-state index contributed by atoms with van der Waals surface area (Å²) in [5.74, 6) is -0.163. The normalized spacial score (nSPS) is 27.8. The van der Waals surface area contributed by atoms with Crippen molar-refractivity contribution in [2.45, 2.75) is 56.5 Å². The predicted octanol–water partition coefficient (Wildman–Crippen LogP) is 4.40. The number of hydrogen-bond acceptors (Lipinski definition) is 3. The van der Waals surface area contributed by atoms with Gasteiger partial charge in [-0.05, 0) is 49.8 Å². The van der Waals surface area contributed by atoms with E-state index in [1.54, 1.807) is 0 Å². The number of benzene rings is 1. The molecule has 0 bridgehead atoms. The maximum absolute atomic E-state index is 13.0. The van der Waals surface area contributed by atoms with Gasteiger partial charge in [-0.3, -0.25) is 4.79 Å². The van der Waals surface area contributed by atoms with Crippen molar-refractivity contribution in [1.29, 1.82) is 0 Å². The van der Waals surface area contributed by atoms with Crippen molar-refractivity contribution in [2.75, 3.05) is 24.7 Å². The molecule has 1 saturated heterocycles. The van der Waals surface area contributed by atoms with Gasteiger partial charge in [0.25, 0.3) is 0 Å². The lowest BCUT2D eigenvalue weighted by molar-refractivity contribution is -0.191. The van der Waals surface area contributed by atoms with Crippen LogP contribution in [0.4, 0.5) is 32.0 Å². The number of ether oxygens (including phenoxy) is 1. The first-order valence-electron chi connectivity index (χ1n) is 9.66. The van der Waals surface area contributed by atoms with E-state index in [1.807, 2.05) is 0 Å². The van der Waals surface area contributed by atoms with Crippen molar-refractivity contribution in [3.8, 4) is 0 Å². The zero-order chi connectivity index (χ0) is 22.2. The Bertz CT molecular complexity index is 751. The Labute approximate surface area is 169 Å². The minimum absolute atomic E-state index is 0.106. The quantitative estimate of drug-likeness (QED) is 0.692. The van der Waals surface area contributed by atoms with Crippen LogP contribution in [0.15, 0.2) is 24.3 Å². The fourth-order valence-corrected chi connectivity index (χ4v) is 4.25. The Balaban J connectivity index is 1.59. The topological polar surface area (TPSA) is 49.8 Å². The summed E-state index contributed by atoms with van der Waals surface area (Å²) < 4.78 is 78.8. The number of carbonyl (C=O) groups is 1. The highest BCUT2D eigenvalue weighted by Crippen LogP contribution is 2.48. The van der Waals surface area contributed by atoms with E-state index in [9.17, 15) is 36.2 Å². The molecule has 1 heterocycles. The second-order valence-electron chi connectivity index (χ2n) is 8.28. The molecule has 0 atom stereocenters. The molecule has 0 aromatic heterocycles. The predicted molar refractivity (Wildman–Crippen MR) is 95.9 cm³/mol. The van der Waals surface area contributed by atoms with Crippen LogP contribution in [-0.2, 0) is 16.0 Å². The van der Waals surface area contributed by atoms with Gasteiger partial charge in [0.05, 0.1) is 24.0 Å². The van der Waals surface area contributed by atoms with Crippen LogP contribution in [0.3, 0.4) is 0 Å². The fraction of sp³-hybridized carbons (Fsp3) is 0.650. The fourth-order valence-electron chi connectivity index (χ4n) is 4.25. The summed E-state index contributed by atoms with van der Waals surface area (Å²) in [6.45, 7) is -1.47. The molecule has 1 N–H and O–H groups in total. The van der Waals surface area contributed by atoms with Crippen LogP contribution < -0.4 is 4.90 Å². The monoisotopic (exact) mass is 439 g/mol. The van der Waals surface area contributed by atoms with E-state index in [4.69, 9.17) is 0 Å². The standard InChI is InChI=1S/C20H23F6NO3/c21-19(22,23)11-14-1-3-15(4-2-14)27-10-9-17(16(27)28)5-7-18(29,8-6-17)12-30-13-20(24,25)26/h1-4,29H,5-13H2/t17-,18+. The van der Waals surface area contributed by atoms with Gasteiger partial charge in [0, 0.05) is 12.2 Å². The van der Waals surface area contributed by atoms with Crippen LogP contribution in [0.5, 0.6) is 0 Å². The minimum atomic E-state index is -4.47. The smallest absolute Gasteiger partial charge is 0.387 e. The molecule has 30 heavy (non-hydrogen) atoms. The molecule has 1 aromatic rings. The Kier molecular flexibility index (Phi) is 6.12. The molecule has 168 valence electrons. The molecule has 1 saturated carbocycles. The second-order valence-corrected chi connectivity index (χ2v) is 8.28. The first-order chi connectivity index (χ1) is 13.8. The highest BCUT2D eigenvalue weighted by Gasteiger charge is 2.51. The molecule has 10 heteroatoms. The van der Waals surface area contributed by atoms with Crippen molar-refractivity contribution in [3.05, 3.63) is 29.8 Å². The molecule has 2 aliphatic rings. The first-order valence-corrected chi connectivity index (χ1v) is 9.66. The maximum atomic E-state index is 13.0. The van der Waals surface area contributed by atoms with E-state index in [-0.39, 0.29) is 24.3 Å². The van der Waals surface area contributed by atoms with Crippen molar-refractivity contribution in [1.82, 2.24) is 0 Å². The van der Waals surface area contributed by atoms with E-state index >= 15 is 0 Å². The molecule has 0 unspecified atom stereocenters. The van der Waals surface area contributed by atoms with Gasteiger partial charge in [0.15, 0.2) is 0 Å². The van der Waals surface area contributed by atoms with Gasteiger partial charge < -0.3 is 14.7 Å². The summed E-state index contributed by atoms with van der Waals surface area (Å²) in [6.07, 6.45) is -8.36. The maximum Gasteiger partial charge on any atom is 0.411 e. The number of hydrogen-bond donors (Lipinski definition) is 1. The van der Waals surface area contributed by atoms with Gasteiger partial charge in [-0.25, -0.2) is 0 Å². The summed E-state index contributed by atoms with van der Waals surface area (Å²) in [5, 5.41) is 10.5. The van der Waals surface area contributed by atoms with E-state index in [0.29, 0.717) is 31.5 Å². The third-order valence-corrected chi connectivity index (χ3v) is 5.94. The third kappa shape index (κ3) is 5.46. The minimum Gasteiger partial charge on any atom is -0.387 e. The Morgan fingerprint density at radius 1 is 0.933 bits per heavy atom. The van der Waals surface area contributed by atoms with Crippen LogP contribution in [0.25, 0.3) is 0 Å². The van der Waals surface area contributed by atoms with Crippen LogP contribution >= 0.6 is 0 Å². The van der Waals surface area contributed by atoms with Crippen molar-refractivity contribution >= 4 is 11.6 Å².